The molecular formula is C23H13Br2ClO3. The molecular weight excluding hydrogens is 520 g/mol. The third kappa shape index (κ3) is 4.08. The minimum absolute atomic E-state index is 0.167. The Morgan fingerprint density at radius 1 is 0.862 bits per heavy atom. The normalized spacial score (nSPS) is 12.9. The van der Waals surface area contributed by atoms with E-state index in [1.165, 1.54) is 0 Å². The molecule has 0 spiro atoms. The van der Waals surface area contributed by atoms with Crippen molar-refractivity contribution >= 4 is 61.1 Å². The number of rotatable bonds is 4. The fourth-order valence-corrected chi connectivity index (χ4v) is 4.68. The molecule has 1 aliphatic carbocycles. The molecule has 0 atom stereocenters. The Bertz CT molecular complexity index is 1110. The monoisotopic (exact) mass is 530 g/mol. The third-order valence-electron chi connectivity index (χ3n) is 4.53. The van der Waals surface area contributed by atoms with Gasteiger partial charge in [0.15, 0.2) is 11.6 Å². The van der Waals surface area contributed by atoms with E-state index in [9.17, 15) is 9.59 Å². The van der Waals surface area contributed by atoms with Crippen LogP contribution in [0.25, 0.3) is 6.08 Å². The van der Waals surface area contributed by atoms with Gasteiger partial charge in [0.25, 0.3) is 0 Å². The lowest BCUT2D eigenvalue weighted by Crippen LogP contribution is -2.01. The van der Waals surface area contributed by atoms with Gasteiger partial charge in [-0.15, -0.1) is 0 Å². The summed E-state index contributed by atoms with van der Waals surface area (Å²) in [5.41, 5.74) is 2.76. The van der Waals surface area contributed by atoms with Gasteiger partial charge >= 0.3 is 0 Å². The van der Waals surface area contributed by atoms with Gasteiger partial charge in [0.05, 0.1) is 14.5 Å². The predicted molar refractivity (Wildman–Crippen MR) is 121 cm³/mol. The number of hydrogen-bond donors (Lipinski definition) is 0. The van der Waals surface area contributed by atoms with E-state index in [0.29, 0.717) is 43.0 Å². The van der Waals surface area contributed by atoms with Crippen LogP contribution in [0.1, 0.15) is 31.8 Å². The van der Waals surface area contributed by atoms with Gasteiger partial charge in [-0.25, -0.2) is 0 Å². The van der Waals surface area contributed by atoms with Crippen molar-refractivity contribution in [3.63, 3.8) is 0 Å². The number of ketones is 2. The van der Waals surface area contributed by atoms with Gasteiger partial charge in [0.2, 0.25) is 0 Å². The summed E-state index contributed by atoms with van der Waals surface area (Å²) in [7, 11) is 0. The van der Waals surface area contributed by atoms with Crippen molar-refractivity contribution in [3.8, 4) is 5.75 Å². The SMILES string of the molecule is O=C1C(=Cc2cc(Br)c(OCc3ccc(Cl)cc3)c(Br)c2)C(=O)c2ccccc21. The van der Waals surface area contributed by atoms with Crippen LogP contribution in [0.4, 0.5) is 0 Å². The van der Waals surface area contributed by atoms with Crippen LogP contribution in [0.15, 0.2) is 75.2 Å². The maximum atomic E-state index is 12.6. The molecule has 6 heteroatoms. The van der Waals surface area contributed by atoms with Crippen LogP contribution >= 0.6 is 43.5 Å². The maximum absolute atomic E-state index is 12.6. The molecule has 4 rings (SSSR count). The van der Waals surface area contributed by atoms with Gasteiger partial charge in [-0.05, 0) is 73.3 Å². The Morgan fingerprint density at radius 3 is 1.97 bits per heavy atom. The summed E-state index contributed by atoms with van der Waals surface area (Å²) in [5.74, 6) is 0.135. The summed E-state index contributed by atoms with van der Waals surface area (Å²) in [6, 6.07) is 17.9. The van der Waals surface area contributed by atoms with E-state index in [1.807, 2.05) is 36.4 Å². The van der Waals surface area contributed by atoms with Gasteiger partial charge < -0.3 is 4.74 Å². The molecule has 0 bridgehead atoms. The summed E-state index contributed by atoms with van der Waals surface area (Å²) in [4.78, 5) is 25.2. The van der Waals surface area contributed by atoms with Gasteiger partial charge in [0, 0.05) is 16.1 Å². The number of ether oxygens (including phenoxy) is 1. The standard InChI is InChI=1S/C23H13Br2ClO3/c24-19-10-14(9-18-21(27)16-3-1-2-4-17(16)22(18)28)11-20(25)23(19)29-12-13-5-7-15(26)8-6-13/h1-11H,12H2. The van der Waals surface area contributed by atoms with Crippen LogP contribution < -0.4 is 4.74 Å². The first-order valence-corrected chi connectivity index (χ1v) is 10.7. The largest absolute Gasteiger partial charge is 0.487 e. The van der Waals surface area contributed by atoms with Crippen LogP contribution in [0.3, 0.4) is 0 Å². The molecule has 0 aliphatic heterocycles. The Kier molecular flexibility index (Phi) is 5.72. The van der Waals surface area contributed by atoms with Crippen LogP contribution in [0.5, 0.6) is 5.75 Å². The predicted octanol–water partition coefficient (Wildman–Crippen LogP) is 6.91. The van der Waals surface area contributed by atoms with E-state index < -0.39 is 0 Å². The highest BCUT2D eigenvalue weighted by Gasteiger charge is 2.32. The average molecular weight is 533 g/mol. The van der Waals surface area contributed by atoms with Crippen molar-refractivity contribution < 1.29 is 14.3 Å². The van der Waals surface area contributed by atoms with Gasteiger partial charge in [-0.3, -0.25) is 9.59 Å². The van der Waals surface area contributed by atoms with Crippen LogP contribution in [0, 0.1) is 0 Å². The van der Waals surface area contributed by atoms with Crippen molar-refractivity contribution in [3.05, 3.63) is 102 Å². The summed E-state index contributed by atoms with van der Waals surface area (Å²) in [6.07, 6.45) is 1.61. The lowest BCUT2D eigenvalue weighted by atomic mass is 10.1. The van der Waals surface area contributed by atoms with Crippen LogP contribution in [0.2, 0.25) is 5.02 Å². The van der Waals surface area contributed by atoms with Crippen molar-refractivity contribution in [2.45, 2.75) is 6.61 Å². The number of carbonyl (C=O) groups is 2. The molecule has 3 aromatic carbocycles. The number of carbonyl (C=O) groups excluding carboxylic acids is 2. The zero-order chi connectivity index (χ0) is 20.5. The Morgan fingerprint density at radius 2 is 1.41 bits per heavy atom. The highest BCUT2D eigenvalue weighted by molar-refractivity contribution is 9.11. The van der Waals surface area contributed by atoms with E-state index in [0.717, 1.165) is 5.56 Å². The average Bonchev–Trinajstić information content (AvgIpc) is 2.94. The summed E-state index contributed by atoms with van der Waals surface area (Å²) in [6.45, 7) is 0.376. The fourth-order valence-electron chi connectivity index (χ4n) is 3.11. The first-order valence-electron chi connectivity index (χ1n) is 8.70. The number of hydrogen-bond acceptors (Lipinski definition) is 3. The highest BCUT2D eigenvalue weighted by atomic mass is 79.9. The Labute approximate surface area is 189 Å². The smallest absolute Gasteiger partial charge is 0.197 e. The second-order valence-corrected chi connectivity index (χ2v) is 8.64. The molecule has 144 valence electrons. The lowest BCUT2D eigenvalue weighted by Gasteiger charge is -2.12. The van der Waals surface area contributed by atoms with Crippen LogP contribution in [-0.4, -0.2) is 11.6 Å². The minimum Gasteiger partial charge on any atom is -0.487 e. The van der Waals surface area contributed by atoms with Gasteiger partial charge in [0.1, 0.15) is 12.4 Å². The molecule has 0 aromatic heterocycles. The van der Waals surface area contributed by atoms with Crippen molar-refractivity contribution in [1.29, 1.82) is 0 Å². The number of benzene rings is 3. The molecule has 0 fully saturated rings. The second-order valence-electron chi connectivity index (χ2n) is 6.49. The summed E-state index contributed by atoms with van der Waals surface area (Å²) in [5, 5.41) is 0.673. The molecule has 0 N–H and O–H groups in total. The van der Waals surface area contributed by atoms with Crippen LogP contribution in [-0.2, 0) is 6.61 Å². The van der Waals surface area contributed by atoms with Gasteiger partial charge in [-0.2, -0.15) is 0 Å². The Hall–Kier alpha value is -2.21. The van der Waals surface area contributed by atoms with Crippen molar-refractivity contribution in [2.24, 2.45) is 0 Å². The first-order chi connectivity index (χ1) is 13.9. The molecule has 0 saturated heterocycles. The van der Waals surface area contributed by atoms with E-state index >= 15 is 0 Å². The molecule has 1 aliphatic rings. The molecule has 0 saturated carbocycles. The summed E-state index contributed by atoms with van der Waals surface area (Å²) >= 11 is 12.9. The number of fused-ring (bicyclic) bond motifs is 1. The molecule has 0 heterocycles. The lowest BCUT2D eigenvalue weighted by molar-refractivity contribution is 0.0990. The fraction of sp³-hybridized carbons (Fsp3) is 0.0435. The van der Waals surface area contributed by atoms with E-state index in [4.69, 9.17) is 16.3 Å². The number of allylic oxidation sites excluding steroid dienone is 1. The molecule has 0 radical (unpaired) electrons. The molecule has 29 heavy (non-hydrogen) atoms. The first kappa shape index (κ1) is 20.1. The minimum atomic E-state index is -0.249. The van der Waals surface area contributed by atoms with Crippen molar-refractivity contribution in [2.75, 3.05) is 0 Å². The molecule has 3 nitrogen and oxygen atoms in total. The summed E-state index contributed by atoms with van der Waals surface area (Å²) < 4.78 is 7.34. The highest BCUT2D eigenvalue weighted by Crippen LogP contribution is 2.37. The van der Waals surface area contributed by atoms with E-state index in [2.05, 4.69) is 31.9 Å². The maximum Gasteiger partial charge on any atom is 0.197 e. The zero-order valence-corrected chi connectivity index (χ0v) is 18.8. The molecule has 0 amide bonds. The van der Waals surface area contributed by atoms with E-state index in [1.54, 1.807) is 30.3 Å². The molecule has 0 unspecified atom stereocenters. The van der Waals surface area contributed by atoms with Gasteiger partial charge in [-0.1, -0.05) is 48.0 Å². The quantitative estimate of drug-likeness (QED) is 0.271. The number of Topliss-reactive ketones (excluding diaryl/α,β-unsaturated/α-hetero) is 2. The third-order valence-corrected chi connectivity index (χ3v) is 5.96. The van der Waals surface area contributed by atoms with E-state index in [-0.39, 0.29) is 17.1 Å². The number of halogens is 3. The zero-order valence-electron chi connectivity index (χ0n) is 14.9. The Balaban J connectivity index is 1.59. The topological polar surface area (TPSA) is 43.4 Å². The second kappa shape index (κ2) is 8.27. The van der Waals surface area contributed by atoms with Crippen molar-refractivity contribution in [1.82, 2.24) is 0 Å². The molecule has 3 aromatic rings.